The summed E-state index contributed by atoms with van der Waals surface area (Å²) in [6.45, 7) is 1.17. The van der Waals surface area contributed by atoms with E-state index >= 15 is 0 Å². The van der Waals surface area contributed by atoms with Gasteiger partial charge in [0, 0.05) is 29.5 Å². The number of hydrogen-bond acceptors (Lipinski definition) is 6. The molecule has 0 bridgehead atoms. The van der Waals surface area contributed by atoms with Crippen LogP contribution < -0.4 is 16.4 Å². The highest BCUT2D eigenvalue weighted by Crippen LogP contribution is 2.29. The van der Waals surface area contributed by atoms with Crippen LogP contribution in [0.2, 0.25) is 5.02 Å². The van der Waals surface area contributed by atoms with Gasteiger partial charge in [0.05, 0.1) is 10.6 Å². The van der Waals surface area contributed by atoms with Crippen molar-refractivity contribution in [2.24, 2.45) is 5.73 Å². The maximum Gasteiger partial charge on any atom is 0.405 e. The molecule has 0 unspecified atom stereocenters. The monoisotopic (exact) mass is 455 g/mol. The summed E-state index contributed by atoms with van der Waals surface area (Å²) in [7, 11) is 0. The van der Waals surface area contributed by atoms with Crippen molar-refractivity contribution in [3.8, 4) is 11.4 Å². The number of aromatic nitrogens is 4. The largest absolute Gasteiger partial charge is 0.405 e. The minimum Gasteiger partial charge on any atom is -0.365 e. The maximum absolute atomic E-state index is 12.4. The molecule has 0 radical (unpaired) electrons. The summed E-state index contributed by atoms with van der Waals surface area (Å²) >= 11 is 6.00. The quantitative estimate of drug-likeness (QED) is 0.450. The summed E-state index contributed by atoms with van der Waals surface area (Å²) in [5.74, 6) is -1.81. The van der Waals surface area contributed by atoms with E-state index in [9.17, 15) is 22.8 Å². The maximum atomic E-state index is 12.4. The Morgan fingerprint density at radius 2 is 1.94 bits per heavy atom. The Bertz CT molecular complexity index is 1160. The third-order valence-electron chi connectivity index (χ3n) is 4.24. The number of alkyl halides is 3. The molecule has 0 saturated carbocycles. The number of fused-ring (bicyclic) bond motifs is 1. The Hall–Kier alpha value is -3.41. The molecule has 0 aliphatic carbocycles. The number of nitrogens with two attached hydrogens (primary N) is 1. The Morgan fingerprint density at radius 3 is 2.58 bits per heavy atom. The molecule has 9 nitrogen and oxygen atoms in total. The van der Waals surface area contributed by atoms with E-state index in [0.29, 0.717) is 21.6 Å². The smallest absolute Gasteiger partial charge is 0.365 e. The second kappa shape index (κ2) is 8.02. The van der Waals surface area contributed by atoms with Gasteiger partial charge < -0.3 is 21.4 Å². The van der Waals surface area contributed by atoms with E-state index in [2.05, 4.69) is 25.3 Å². The number of aromatic amines is 1. The van der Waals surface area contributed by atoms with Crippen molar-refractivity contribution in [1.82, 2.24) is 25.3 Å². The number of pyridine rings is 1. The van der Waals surface area contributed by atoms with Crippen molar-refractivity contribution in [3.05, 3.63) is 35.2 Å². The van der Waals surface area contributed by atoms with Gasteiger partial charge in [-0.25, -0.2) is 15.0 Å². The molecule has 0 fully saturated rings. The minimum atomic E-state index is -4.57. The van der Waals surface area contributed by atoms with Crippen LogP contribution in [-0.2, 0) is 4.79 Å². The molecule has 31 heavy (non-hydrogen) atoms. The molecule has 3 aromatic heterocycles. The van der Waals surface area contributed by atoms with Gasteiger partial charge in [0.25, 0.3) is 5.91 Å². The molecule has 13 heteroatoms. The molecule has 0 spiro atoms. The molecule has 0 saturated heterocycles. The molecule has 164 valence electrons. The first-order chi connectivity index (χ1) is 14.4. The van der Waals surface area contributed by atoms with E-state index in [-0.39, 0.29) is 17.2 Å². The van der Waals surface area contributed by atoms with Crippen molar-refractivity contribution in [2.75, 3.05) is 11.9 Å². The Morgan fingerprint density at radius 1 is 1.23 bits per heavy atom. The highest BCUT2D eigenvalue weighted by molar-refractivity contribution is 6.31. The molecule has 0 atom stereocenters. The second-order valence-electron chi connectivity index (χ2n) is 7.12. The van der Waals surface area contributed by atoms with Gasteiger partial charge in [-0.3, -0.25) is 9.59 Å². The van der Waals surface area contributed by atoms with Crippen LogP contribution >= 0.6 is 11.6 Å². The van der Waals surface area contributed by atoms with E-state index in [1.807, 2.05) is 0 Å². The number of amides is 2. The Labute approximate surface area is 178 Å². The number of halogens is 4. The number of carbonyl (C=O) groups excluding carboxylic acids is 2. The van der Waals surface area contributed by atoms with E-state index in [1.54, 1.807) is 17.6 Å². The van der Waals surface area contributed by atoms with E-state index in [0.717, 1.165) is 6.20 Å². The summed E-state index contributed by atoms with van der Waals surface area (Å²) in [5, 5.41) is 5.46. The van der Waals surface area contributed by atoms with Crippen molar-refractivity contribution >= 4 is 40.3 Å². The number of primary amides is 1. The standard InChI is InChI=1S/C18H17ClF3N7O2/c1-17(2,16(31)27-7-18(20,21)22)29-15-11(12(23)30)6-26-14(28-15)10-5-25-13-9(10)3-8(19)4-24-13/h3-6H,7H2,1-2H3,(H2,23,30)(H,24,25)(H,27,31)(H,26,28,29). The van der Waals surface area contributed by atoms with E-state index < -0.39 is 30.1 Å². The van der Waals surface area contributed by atoms with Crippen molar-refractivity contribution in [3.63, 3.8) is 0 Å². The zero-order valence-electron chi connectivity index (χ0n) is 16.3. The van der Waals surface area contributed by atoms with Crippen LogP contribution in [-0.4, -0.2) is 50.0 Å². The van der Waals surface area contributed by atoms with Crippen LogP contribution in [0.15, 0.2) is 24.7 Å². The minimum absolute atomic E-state index is 0.117. The van der Waals surface area contributed by atoms with Crippen LogP contribution in [0.25, 0.3) is 22.4 Å². The highest BCUT2D eigenvalue weighted by Gasteiger charge is 2.34. The summed E-state index contributed by atoms with van der Waals surface area (Å²) in [6.07, 6.45) is -0.376. The fraction of sp³-hybridized carbons (Fsp3) is 0.278. The zero-order chi connectivity index (χ0) is 23.0. The van der Waals surface area contributed by atoms with Crippen LogP contribution in [0.1, 0.15) is 24.2 Å². The third kappa shape index (κ3) is 5.02. The van der Waals surface area contributed by atoms with Crippen LogP contribution in [0.3, 0.4) is 0 Å². The van der Waals surface area contributed by atoms with Gasteiger partial charge in [0.15, 0.2) is 5.82 Å². The molecule has 3 heterocycles. The molecule has 0 aromatic carbocycles. The average Bonchev–Trinajstić information content (AvgIpc) is 3.07. The van der Waals surface area contributed by atoms with Gasteiger partial charge in [-0.05, 0) is 19.9 Å². The summed E-state index contributed by atoms with van der Waals surface area (Å²) in [5.41, 5.74) is 4.68. The average molecular weight is 456 g/mol. The summed E-state index contributed by atoms with van der Waals surface area (Å²) < 4.78 is 37.3. The predicted molar refractivity (Wildman–Crippen MR) is 107 cm³/mol. The highest BCUT2D eigenvalue weighted by atomic mass is 35.5. The van der Waals surface area contributed by atoms with Gasteiger partial charge in [-0.1, -0.05) is 11.6 Å². The Kier molecular flexibility index (Phi) is 5.77. The molecular weight excluding hydrogens is 439 g/mol. The lowest BCUT2D eigenvalue weighted by atomic mass is 10.0. The third-order valence-corrected chi connectivity index (χ3v) is 4.45. The van der Waals surface area contributed by atoms with E-state index in [4.69, 9.17) is 17.3 Å². The van der Waals surface area contributed by atoms with Crippen LogP contribution in [0, 0.1) is 0 Å². The van der Waals surface area contributed by atoms with Gasteiger partial charge in [-0.15, -0.1) is 0 Å². The molecule has 0 aliphatic heterocycles. The fourth-order valence-corrected chi connectivity index (χ4v) is 2.86. The number of carbonyl (C=O) groups is 2. The van der Waals surface area contributed by atoms with Crippen LogP contribution in [0.4, 0.5) is 19.0 Å². The lowest BCUT2D eigenvalue weighted by molar-refractivity contribution is -0.140. The molecule has 5 N–H and O–H groups in total. The first-order valence-corrected chi connectivity index (χ1v) is 9.18. The van der Waals surface area contributed by atoms with E-state index in [1.165, 1.54) is 20.0 Å². The molecule has 3 aromatic rings. The van der Waals surface area contributed by atoms with Gasteiger partial charge in [0.2, 0.25) is 5.91 Å². The second-order valence-corrected chi connectivity index (χ2v) is 7.56. The topological polar surface area (TPSA) is 139 Å². The van der Waals surface area contributed by atoms with Gasteiger partial charge in [0.1, 0.15) is 23.5 Å². The molecular formula is C18H17ClF3N7O2. The first kappa shape index (κ1) is 22.3. The van der Waals surface area contributed by atoms with Gasteiger partial charge in [-0.2, -0.15) is 13.2 Å². The number of nitrogens with one attached hydrogen (secondary N) is 3. The van der Waals surface area contributed by atoms with Crippen molar-refractivity contribution < 1.29 is 22.8 Å². The van der Waals surface area contributed by atoms with Crippen LogP contribution in [0.5, 0.6) is 0 Å². The van der Waals surface area contributed by atoms with Gasteiger partial charge >= 0.3 is 6.18 Å². The van der Waals surface area contributed by atoms with Crippen molar-refractivity contribution in [2.45, 2.75) is 25.6 Å². The fourth-order valence-electron chi connectivity index (χ4n) is 2.70. The molecule has 0 aliphatic rings. The molecule has 2 amide bonds. The summed E-state index contributed by atoms with van der Waals surface area (Å²) in [4.78, 5) is 39.6. The SMILES string of the molecule is CC(C)(Nc1nc(-c2c[nH]c3ncc(Cl)cc23)ncc1C(N)=O)C(=O)NCC(F)(F)F. The zero-order valence-corrected chi connectivity index (χ0v) is 17.0. The number of hydrogen-bond donors (Lipinski definition) is 4. The van der Waals surface area contributed by atoms with Crippen molar-refractivity contribution in [1.29, 1.82) is 0 Å². The molecule has 3 rings (SSSR count). The summed E-state index contributed by atoms with van der Waals surface area (Å²) in [6, 6.07) is 1.64. The number of rotatable bonds is 6. The Balaban J connectivity index is 1.98. The lowest BCUT2D eigenvalue weighted by Crippen LogP contribution is -2.50. The number of H-pyrrole nitrogens is 1. The predicted octanol–water partition coefficient (Wildman–Crippen LogP) is 2.64. The lowest BCUT2D eigenvalue weighted by Gasteiger charge is -2.27. The number of anilines is 1. The first-order valence-electron chi connectivity index (χ1n) is 8.80. The normalized spacial score (nSPS) is 12.1. The number of nitrogens with zero attached hydrogens (tertiary/aromatic N) is 3.